The van der Waals surface area contributed by atoms with Gasteiger partial charge in [-0.05, 0) is 50.2 Å². The Hall–Kier alpha value is -0.470. The molecule has 0 aromatic heterocycles. The van der Waals surface area contributed by atoms with Crippen molar-refractivity contribution >= 4 is 12.6 Å². The van der Waals surface area contributed by atoms with Gasteiger partial charge < -0.3 is 4.90 Å². The van der Waals surface area contributed by atoms with Crippen molar-refractivity contribution in [3.8, 4) is 0 Å². The summed E-state index contributed by atoms with van der Waals surface area (Å²) in [5.74, 6) is 1.05. The van der Waals surface area contributed by atoms with Crippen molar-refractivity contribution in [3.05, 3.63) is 35.4 Å². The fourth-order valence-electron chi connectivity index (χ4n) is 2.53. The largest absolute Gasteiger partial charge is 0.302 e. The van der Waals surface area contributed by atoms with Gasteiger partial charge in [0.05, 0.1) is 0 Å². The molecule has 114 valence electrons. The molecule has 0 spiro atoms. The first kappa shape index (κ1) is 17.6. The van der Waals surface area contributed by atoms with Crippen LogP contribution in [-0.4, -0.2) is 24.2 Å². The molecule has 20 heavy (non-hydrogen) atoms. The highest BCUT2D eigenvalue weighted by atomic mass is 32.1. The van der Waals surface area contributed by atoms with Crippen LogP contribution in [0.25, 0.3) is 0 Å². The average Bonchev–Trinajstić information content (AvgIpc) is 2.44. The summed E-state index contributed by atoms with van der Waals surface area (Å²) >= 11 is 4.24. The van der Waals surface area contributed by atoms with Gasteiger partial charge in [-0.25, -0.2) is 0 Å². The molecule has 0 heterocycles. The Kier molecular flexibility index (Phi) is 9.86. The van der Waals surface area contributed by atoms with Gasteiger partial charge in [-0.3, -0.25) is 0 Å². The minimum atomic E-state index is 1.05. The highest BCUT2D eigenvalue weighted by Crippen LogP contribution is 2.11. The molecule has 0 bridgehead atoms. The van der Waals surface area contributed by atoms with Crippen LogP contribution in [0.1, 0.15) is 56.1 Å². The monoisotopic (exact) mass is 293 g/mol. The second-order valence-electron chi connectivity index (χ2n) is 5.86. The molecule has 0 amide bonds. The van der Waals surface area contributed by atoms with Gasteiger partial charge in [0.25, 0.3) is 0 Å². The van der Waals surface area contributed by atoms with Crippen LogP contribution in [-0.2, 0) is 6.54 Å². The molecule has 0 aliphatic carbocycles. The van der Waals surface area contributed by atoms with Crippen LogP contribution in [0.5, 0.6) is 0 Å². The van der Waals surface area contributed by atoms with Gasteiger partial charge in [0.2, 0.25) is 0 Å². The van der Waals surface area contributed by atoms with Gasteiger partial charge >= 0.3 is 0 Å². The molecule has 1 rings (SSSR count). The van der Waals surface area contributed by atoms with Crippen LogP contribution >= 0.6 is 12.6 Å². The average molecular weight is 294 g/mol. The molecule has 1 nitrogen and oxygen atoms in total. The van der Waals surface area contributed by atoms with E-state index in [2.05, 4.69) is 55.8 Å². The quantitative estimate of drug-likeness (QED) is 0.439. The Morgan fingerprint density at radius 1 is 0.900 bits per heavy atom. The van der Waals surface area contributed by atoms with E-state index in [1.807, 2.05) is 0 Å². The van der Waals surface area contributed by atoms with E-state index in [0.717, 1.165) is 12.3 Å². The molecule has 0 saturated heterocycles. The Morgan fingerprint density at radius 2 is 1.50 bits per heavy atom. The second kappa shape index (κ2) is 11.2. The number of thiol groups is 1. The van der Waals surface area contributed by atoms with Gasteiger partial charge in [0.1, 0.15) is 0 Å². The van der Waals surface area contributed by atoms with Crippen molar-refractivity contribution in [2.24, 2.45) is 0 Å². The van der Waals surface area contributed by atoms with Gasteiger partial charge in [0.15, 0.2) is 0 Å². The van der Waals surface area contributed by atoms with Crippen molar-refractivity contribution in [2.45, 2.75) is 58.4 Å². The first-order valence-electron chi connectivity index (χ1n) is 8.08. The molecule has 0 unspecified atom stereocenters. The van der Waals surface area contributed by atoms with Crippen LogP contribution in [0.3, 0.4) is 0 Å². The molecule has 1 aromatic rings. The predicted molar refractivity (Wildman–Crippen MR) is 93.7 cm³/mol. The number of rotatable bonds is 11. The Balaban J connectivity index is 2.03. The normalized spacial score (nSPS) is 11.2. The van der Waals surface area contributed by atoms with E-state index in [0.29, 0.717) is 0 Å². The van der Waals surface area contributed by atoms with Gasteiger partial charge in [-0.1, -0.05) is 56.4 Å². The molecule has 0 aliphatic rings. The molecule has 0 fully saturated rings. The lowest BCUT2D eigenvalue weighted by Gasteiger charge is -2.17. The molecule has 0 N–H and O–H groups in total. The minimum absolute atomic E-state index is 1.05. The highest BCUT2D eigenvalue weighted by Gasteiger charge is 2.02. The summed E-state index contributed by atoms with van der Waals surface area (Å²) in [6.45, 7) is 4.49. The molecule has 0 atom stereocenters. The van der Waals surface area contributed by atoms with Crippen LogP contribution in [0, 0.1) is 6.92 Å². The van der Waals surface area contributed by atoms with Crippen molar-refractivity contribution in [2.75, 3.05) is 19.3 Å². The zero-order valence-electron chi connectivity index (χ0n) is 13.3. The van der Waals surface area contributed by atoms with E-state index < -0.39 is 0 Å². The van der Waals surface area contributed by atoms with Gasteiger partial charge in [0, 0.05) is 6.54 Å². The van der Waals surface area contributed by atoms with E-state index in [4.69, 9.17) is 0 Å². The summed E-state index contributed by atoms with van der Waals surface area (Å²) in [5.41, 5.74) is 2.87. The summed E-state index contributed by atoms with van der Waals surface area (Å²) in [4.78, 5) is 2.45. The van der Waals surface area contributed by atoms with Crippen LogP contribution in [0.4, 0.5) is 0 Å². The number of aryl methyl sites for hydroxylation is 1. The van der Waals surface area contributed by atoms with Crippen LogP contribution in [0.2, 0.25) is 0 Å². The predicted octanol–water partition coefficient (Wildman–Crippen LogP) is 5.09. The van der Waals surface area contributed by atoms with Crippen LogP contribution < -0.4 is 0 Å². The molecule has 1 aromatic carbocycles. The van der Waals surface area contributed by atoms with Crippen molar-refractivity contribution in [1.29, 1.82) is 0 Å². The summed E-state index contributed by atoms with van der Waals surface area (Å²) in [6.07, 6.45) is 9.52. The van der Waals surface area contributed by atoms with E-state index in [-0.39, 0.29) is 0 Å². The van der Waals surface area contributed by atoms with E-state index in [9.17, 15) is 0 Å². The number of hydrogen-bond donors (Lipinski definition) is 1. The molecule has 0 radical (unpaired) electrons. The second-order valence-corrected chi connectivity index (χ2v) is 6.31. The number of hydrogen-bond acceptors (Lipinski definition) is 2. The zero-order chi connectivity index (χ0) is 14.6. The minimum Gasteiger partial charge on any atom is -0.302 e. The van der Waals surface area contributed by atoms with E-state index in [1.165, 1.54) is 62.6 Å². The first-order chi connectivity index (χ1) is 9.74. The molecular weight excluding hydrogens is 262 g/mol. The fraction of sp³-hybridized carbons (Fsp3) is 0.667. The van der Waals surface area contributed by atoms with E-state index in [1.54, 1.807) is 0 Å². The number of benzene rings is 1. The molecule has 0 saturated carbocycles. The third-order valence-electron chi connectivity index (χ3n) is 3.90. The maximum Gasteiger partial charge on any atom is 0.0233 e. The van der Waals surface area contributed by atoms with E-state index >= 15 is 0 Å². The summed E-state index contributed by atoms with van der Waals surface area (Å²) in [6, 6.07) is 8.70. The Morgan fingerprint density at radius 3 is 2.15 bits per heavy atom. The lowest BCUT2D eigenvalue weighted by molar-refractivity contribution is 0.316. The van der Waals surface area contributed by atoms with Crippen molar-refractivity contribution in [1.82, 2.24) is 4.90 Å². The molecule has 2 heteroatoms. The lowest BCUT2D eigenvalue weighted by Crippen LogP contribution is -2.19. The lowest BCUT2D eigenvalue weighted by atomic mass is 10.1. The Bertz CT molecular complexity index is 351. The number of nitrogens with zero attached hydrogens (tertiary/aromatic N) is 1. The SMILES string of the molecule is Cc1ccccc1CN(C)CCCCCCCCCS. The maximum absolute atomic E-state index is 4.24. The Labute approximate surface area is 131 Å². The van der Waals surface area contributed by atoms with Crippen molar-refractivity contribution < 1.29 is 0 Å². The van der Waals surface area contributed by atoms with Crippen LogP contribution in [0.15, 0.2) is 24.3 Å². The topological polar surface area (TPSA) is 3.24 Å². The zero-order valence-corrected chi connectivity index (χ0v) is 14.2. The van der Waals surface area contributed by atoms with Crippen molar-refractivity contribution in [3.63, 3.8) is 0 Å². The number of unbranched alkanes of at least 4 members (excludes halogenated alkanes) is 6. The summed E-state index contributed by atoms with van der Waals surface area (Å²) in [7, 11) is 2.24. The fourth-order valence-corrected chi connectivity index (χ4v) is 2.76. The first-order valence-corrected chi connectivity index (χ1v) is 8.71. The smallest absolute Gasteiger partial charge is 0.0233 e. The standard InChI is InChI=1S/C18H31NS/c1-17-12-8-9-13-18(17)16-19(2)14-10-6-4-3-5-7-11-15-20/h8-9,12-13,20H,3-7,10-11,14-16H2,1-2H3. The summed E-state index contributed by atoms with van der Waals surface area (Å²) in [5, 5.41) is 0. The van der Waals surface area contributed by atoms with Gasteiger partial charge in [-0.15, -0.1) is 0 Å². The summed E-state index contributed by atoms with van der Waals surface area (Å²) < 4.78 is 0. The maximum atomic E-state index is 4.24. The molecular formula is C18H31NS. The highest BCUT2D eigenvalue weighted by molar-refractivity contribution is 7.80. The third kappa shape index (κ3) is 7.96. The van der Waals surface area contributed by atoms with Gasteiger partial charge in [-0.2, -0.15) is 12.6 Å². The third-order valence-corrected chi connectivity index (χ3v) is 4.22. The molecule has 0 aliphatic heterocycles.